The molecule has 1 aromatic carbocycles. The average Bonchev–Trinajstić information content (AvgIpc) is 2.89. The molecule has 0 aliphatic carbocycles. The maximum Gasteiger partial charge on any atom is 0.226 e. The van der Waals surface area contributed by atoms with Gasteiger partial charge in [-0.2, -0.15) is 5.26 Å². The molecule has 1 atom stereocenters. The highest BCUT2D eigenvalue weighted by Gasteiger charge is 2.32. The van der Waals surface area contributed by atoms with Gasteiger partial charge in [0, 0.05) is 52.1 Å². The SMILES string of the molecule is CN1CCC(C(=O)N2CCCN(c3ccccc3C#N)CC2)CC1=O. The molecule has 0 aromatic heterocycles. The number of amides is 2. The van der Waals surface area contributed by atoms with Crippen molar-refractivity contribution >= 4 is 17.5 Å². The van der Waals surface area contributed by atoms with Crippen molar-refractivity contribution in [1.29, 1.82) is 5.26 Å². The van der Waals surface area contributed by atoms with Crippen LogP contribution in [0.3, 0.4) is 0 Å². The third-order valence-electron chi connectivity index (χ3n) is 5.18. The Hall–Kier alpha value is -2.55. The van der Waals surface area contributed by atoms with Gasteiger partial charge in [0.25, 0.3) is 0 Å². The van der Waals surface area contributed by atoms with E-state index in [2.05, 4.69) is 11.0 Å². The van der Waals surface area contributed by atoms with E-state index in [1.165, 1.54) is 0 Å². The molecular weight excluding hydrogens is 316 g/mol. The highest BCUT2D eigenvalue weighted by atomic mass is 16.2. The predicted molar refractivity (Wildman–Crippen MR) is 94.9 cm³/mol. The monoisotopic (exact) mass is 340 g/mol. The summed E-state index contributed by atoms with van der Waals surface area (Å²) in [7, 11) is 1.79. The minimum absolute atomic E-state index is 0.0593. The number of rotatable bonds is 2. The van der Waals surface area contributed by atoms with Gasteiger partial charge in [-0.3, -0.25) is 9.59 Å². The molecular formula is C19H24N4O2. The van der Waals surface area contributed by atoms with E-state index in [1.54, 1.807) is 11.9 Å². The number of likely N-dealkylation sites (tertiary alicyclic amines) is 1. The van der Waals surface area contributed by atoms with Crippen molar-refractivity contribution in [2.24, 2.45) is 5.92 Å². The van der Waals surface area contributed by atoms with E-state index in [0.717, 1.165) is 25.1 Å². The molecule has 1 unspecified atom stereocenters. The number of carbonyl (C=O) groups is 2. The number of anilines is 1. The Kier molecular flexibility index (Phi) is 5.22. The number of hydrogen-bond donors (Lipinski definition) is 0. The minimum atomic E-state index is -0.179. The Bertz CT molecular complexity index is 697. The van der Waals surface area contributed by atoms with Crippen molar-refractivity contribution in [2.75, 3.05) is 44.7 Å². The van der Waals surface area contributed by atoms with Crippen molar-refractivity contribution in [3.63, 3.8) is 0 Å². The summed E-state index contributed by atoms with van der Waals surface area (Å²) >= 11 is 0. The third-order valence-corrected chi connectivity index (χ3v) is 5.18. The lowest BCUT2D eigenvalue weighted by molar-refractivity contribution is -0.144. The van der Waals surface area contributed by atoms with E-state index in [9.17, 15) is 14.9 Å². The molecule has 2 heterocycles. The zero-order chi connectivity index (χ0) is 17.8. The molecule has 0 radical (unpaired) electrons. The summed E-state index contributed by atoms with van der Waals surface area (Å²) in [6.45, 7) is 3.55. The average molecular weight is 340 g/mol. The highest BCUT2D eigenvalue weighted by molar-refractivity contribution is 5.87. The van der Waals surface area contributed by atoms with Crippen LogP contribution in [0.2, 0.25) is 0 Å². The smallest absolute Gasteiger partial charge is 0.226 e. The molecule has 3 rings (SSSR count). The van der Waals surface area contributed by atoms with Crippen LogP contribution in [0.5, 0.6) is 0 Å². The first kappa shape index (κ1) is 17.3. The van der Waals surface area contributed by atoms with Crippen LogP contribution in [-0.2, 0) is 9.59 Å². The quantitative estimate of drug-likeness (QED) is 0.817. The Morgan fingerprint density at radius 1 is 1.16 bits per heavy atom. The molecule has 0 N–H and O–H groups in total. The van der Waals surface area contributed by atoms with Gasteiger partial charge in [-0.25, -0.2) is 0 Å². The molecule has 2 saturated heterocycles. The van der Waals surface area contributed by atoms with E-state index >= 15 is 0 Å². The molecule has 2 fully saturated rings. The standard InChI is InChI=1S/C19H24N4O2/c1-21-10-7-15(13-18(21)24)19(25)23-9-4-8-22(11-12-23)17-6-3-2-5-16(17)14-20/h2-3,5-6,15H,4,7-13H2,1H3. The van der Waals surface area contributed by atoms with Gasteiger partial charge in [-0.1, -0.05) is 12.1 Å². The maximum atomic E-state index is 12.8. The van der Waals surface area contributed by atoms with Gasteiger partial charge < -0.3 is 14.7 Å². The Balaban J connectivity index is 1.65. The lowest BCUT2D eigenvalue weighted by atomic mass is 9.95. The highest BCUT2D eigenvalue weighted by Crippen LogP contribution is 2.23. The maximum absolute atomic E-state index is 12.8. The molecule has 0 bridgehead atoms. The fraction of sp³-hybridized carbons (Fsp3) is 0.526. The van der Waals surface area contributed by atoms with Crippen LogP contribution in [0, 0.1) is 17.2 Å². The number of carbonyl (C=O) groups excluding carboxylic acids is 2. The van der Waals surface area contributed by atoms with Crippen LogP contribution >= 0.6 is 0 Å². The van der Waals surface area contributed by atoms with Crippen molar-refractivity contribution in [3.8, 4) is 6.07 Å². The fourth-order valence-electron chi connectivity index (χ4n) is 3.63. The lowest BCUT2D eigenvalue weighted by Gasteiger charge is -2.32. The summed E-state index contributed by atoms with van der Waals surface area (Å²) in [6.07, 6.45) is 1.94. The first-order valence-electron chi connectivity index (χ1n) is 8.87. The Morgan fingerprint density at radius 3 is 2.72 bits per heavy atom. The van der Waals surface area contributed by atoms with Crippen LogP contribution in [0.4, 0.5) is 5.69 Å². The zero-order valence-electron chi connectivity index (χ0n) is 14.6. The van der Waals surface area contributed by atoms with Crippen LogP contribution in [-0.4, -0.2) is 61.4 Å². The van der Waals surface area contributed by atoms with E-state index < -0.39 is 0 Å². The summed E-state index contributed by atoms with van der Waals surface area (Å²) in [5.74, 6) is -0.0116. The number of hydrogen-bond acceptors (Lipinski definition) is 4. The van der Waals surface area contributed by atoms with Gasteiger partial charge >= 0.3 is 0 Å². The number of piperidine rings is 1. The van der Waals surface area contributed by atoms with Gasteiger partial charge in [0.05, 0.1) is 11.3 Å². The summed E-state index contributed by atoms with van der Waals surface area (Å²) in [5, 5.41) is 9.30. The van der Waals surface area contributed by atoms with Gasteiger partial charge in [0.1, 0.15) is 6.07 Å². The van der Waals surface area contributed by atoms with Crippen LogP contribution in [0.15, 0.2) is 24.3 Å². The lowest BCUT2D eigenvalue weighted by Crippen LogP contribution is -2.45. The second-order valence-corrected chi connectivity index (χ2v) is 6.80. The summed E-state index contributed by atoms with van der Waals surface area (Å²) < 4.78 is 0. The molecule has 0 saturated carbocycles. The van der Waals surface area contributed by atoms with E-state index in [-0.39, 0.29) is 17.7 Å². The van der Waals surface area contributed by atoms with Crippen molar-refractivity contribution in [3.05, 3.63) is 29.8 Å². The molecule has 6 heteroatoms. The zero-order valence-corrected chi connectivity index (χ0v) is 14.6. The van der Waals surface area contributed by atoms with Crippen LogP contribution < -0.4 is 4.90 Å². The van der Waals surface area contributed by atoms with Crippen molar-refractivity contribution in [2.45, 2.75) is 19.3 Å². The second kappa shape index (κ2) is 7.56. The second-order valence-electron chi connectivity index (χ2n) is 6.80. The normalized spacial score (nSPS) is 21.7. The molecule has 132 valence electrons. The van der Waals surface area contributed by atoms with Gasteiger partial charge in [0.2, 0.25) is 11.8 Å². The molecule has 2 amide bonds. The molecule has 6 nitrogen and oxygen atoms in total. The molecule has 1 aromatic rings. The molecule has 25 heavy (non-hydrogen) atoms. The summed E-state index contributed by atoms with van der Waals surface area (Å²) in [5.41, 5.74) is 1.61. The number of nitriles is 1. The third kappa shape index (κ3) is 3.76. The number of para-hydroxylation sites is 1. The molecule has 2 aliphatic rings. The summed E-state index contributed by atoms with van der Waals surface area (Å²) in [6, 6.07) is 9.84. The van der Waals surface area contributed by atoms with Gasteiger partial charge in [0.15, 0.2) is 0 Å². The fourth-order valence-corrected chi connectivity index (χ4v) is 3.63. The Morgan fingerprint density at radius 2 is 1.96 bits per heavy atom. The van der Waals surface area contributed by atoms with Crippen molar-refractivity contribution in [1.82, 2.24) is 9.80 Å². The first-order chi connectivity index (χ1) is 12.1. The Labute approximate surface area is 148 Å². The first-order valence-corrected chi connectivity index (χ1v) is 8.87. The molecule has 2 aliphatic heterocycles. The number of benzene rings is 1. The largest absolute Gasteiger partial charge is 0.369 e. The number of nitrogens with zero attached hydrogens (tertiary/aromatic N) is 4. The van der Waals surface area contributed by atoms with Crippen LogP contribution in [0.1, 0.15) is 24.8 Å². The van der Waals surface area contributed by atoms with E-state index in [1.807, 2.05) is 29.2 Å². The minimum Gasteiger partial charge on any atom is -0.369 e. The topological polar surface area (TPSA) is 67.7 Å². The molecule has 0 spiro atoms. The van der Waals surface area contributed by atoms with Gasteiger partial charge in [-0.15, -0.1) is 0 Å². The van der Waals surface area contributed by atoms with Gasteiger partial charge in [-0.05, 0) is 25.0 Å². The van der Waals surface area contributed by atoms with Crippen LogP contribution in [0.25, 0.3) is 0 Å². The van der Waals surface area contributed by atoms with Crippen molar-refractivity contribution < 1.29 is 9.59 Å². The van der Waals surface area contributed by atoms with E-state index in [0.29, 0.717) is 38.2 Å². The van der Waals surface area contributed by atoms with E-state index in [4.69, 9.17) is 0 Å². The predicted octanol–water partition coefficient (Wildman–Crippen LogP) is 1.47. The summed E-state index contributed by atoms with van der Waals surface area (Å²) in [4.78, 5) is 30.5.